The van der Waals surface area contributed by atoms with Crippen molar-refractivity contribution >= 4 is 0 Å². The van der Waals surface area contributed by atoms with Crippen molar-refractivity contribution in [2.24, 2.45) is 23.7 Å². The summed E-state index contributed by atoms with van der Waals surface area (Å²) in [5, 5.41) is 17.3. The van der Waals surface area contributed by atoms with E-state index in [4.69, 9.17) is 0 Å². The molecule has 0 spiro atoms. The van der Waals surface area contributed by atoms with Gasteiger partial charge in [-0.2, -0.15) is 0 Å². The van der Waals surface area contributed by atoms with Crippen molar-refractivity contribution in [1.82, 2.24) is 10.6 Å². The Morgan fingerprint density at radius 1 is 0.947 bits per heavy atom. The predicted octanol–water partition coefficient (Wildman–Crippen LogP) is 1.52. The zero-order valence-electron chi connectivity index (χ0n) is 11.9. The summed E-state index contributed by atoms with van der Waals surface area (Å²) < 4.78 is 0. The summed E-state index contributed by atoms with van der Waals surface area (Å²) >= 11 is 0. The highest BCUT2D eigenvalue weighted by molar-refractivity contribution is 5.05. The zero-order chi connectivity index (χ0) is 12.9. The highest BCUT2D eigenvalue weighted by Crippen LogP contribution is 2.54. The lowest BCUT2D eigenvalue weighted by Gasteiger charge is -2.57. The molecule has 0 atom stereocenters. The van der Waals surface area contributed by atoms with E-state index in [2.05, 4.69) is 10.6 Å². The molecule has 108 valence electrons. The van der Waals surface area contributed by atoms with Crippen LogP contribution in [0.3, 0.4) is 0 Å². The Morgan fingerprint density at radius 3 is 2.05 bits per heavy atom. The Hall–Kier alpha value is -0.120. The molecule has 3 heteroatoms. The molecule has 4 saturated carbocycles. The average Bonchev–Trinajstić information content (AvgIpc) is 2.43. The summed E-state index contributed by atoms with van der Waals surface area (Å²) in [4.78, 5) is 0. The lowest BCUT2D eigenvalue weighted by atomic mass is 9.54. The van der Waals surface area contributed by atoms with Crippen LogP contribution in [-0.4, -0.2) is 36.4 Å². The van der Waals surface area contributed by atoms with Gasteiger partial charge in [0.2, 0.25) is 0 Å². The van der Waals surface area contributed by atoms with Gasteiger partial charge in [-0.1, -0.05) is 0 Å². The van der Waals surface area contributed by atoms with Crippen molar-refractivity contribution in [2.75, 3.05) is 19.7 Å². The minimum atomic E-state index is 0.0191. The fourth-order valence-electron chi connectivity index (χ4n) is 5.77. The molecule has 19 heavy (non-hydrogen) atoms. The first kappa shape index (κ1) is 12.6. The van der Waals surface area contributed by atoms with Gasteiger partial charge in [-0.05, 0) is 81.7 Å². The van der Waals surface area contributed by atoms with Gasteiger partial charge < -0.3 is 15.7 Å². The van der Waals surface area contributed by atoms with Crippen LogP contribution >= 0.6 is 0 Å². The Labute approximate surface area is 116 Å². The summed E-state index contributed by atoms with van der Waals surface area (Å²) in [6.45, 7) is 2.43. The molecule has 1 saturated heterocycles. The van der Waals surface area contributed by atoms with Gasteiger partial charge in [-0.15, -0.1) is 0 Å². The Bertz CT molecular complexity index is 310. The van der Waals surface area contributed by atoms with E-state index in [9.17, 15) is 5.11 Å². The molecule has 1 heterocycles. The van der Waals surface area contributed by atoms with Crippen molar-refractivity contribution in [2.45, 2.75) is 56.5 Å². The lowest BCUT2D eigenvalue weighted by Crippen LogP contribution is -2.64. The van der Waals surface area contributed by atoms with Crippen molar-refractivity contribution < 1.29 is 5.11 Å². The molecular weight excluding hydrogens is 236 g/mol. The molecule has 5 fully saturated rings. The first-order chi connectivity index (χ1) is 9.28. The van der Waals surface area contributed by atoms with Crippen LogP contribution in [0.1, 0.15) is 44.9 Å². The Morgan fingerprint density at radius 2 is 1.53 bits per heavy atom. The third-order valence-corrected chi connectivity index (χ3v) is 6.56. The van der Waals surface area contributed by atoms with Gasteiger partial charge in [0.1, 0.15) is 0 Å². The molecule has 4 aliphatic carbocycles. The number of nitrogens with one attached hydrogen (secondary N) is 2. The molecule has 5 rings (SSSR count). The number of rotatable bonds is 3. The SMILES string of the molecule is OCC1(NC2C3CC4CC(C3)CC2C4)CCNCC1. The highest BCUT2D eigenvalue weighted by Gasteiger charge is 2.50. The third kappa shape index (κ3) is 2.14. The molecule has 0 unspecified atom stereocenters. The van der Waals surface area contributed by atoms with Gasteiger partial charge in [0.25, 0.3) is 0 Å². The van der Waals surface area contributed by atoms with Crippen LogP contribution < -0.4 is 10.6 Å². The van der Waals surface area contributed by atoms with Crippen molar-refractivity contribution in [3.8, 4) is 0 Å². The summed E-state index contributed by atoms with van der Waals surface area (Å²) in [7, 11) is 0. The third-order valence-electron chi connectivity index (χ3n) is 6.56. The fraction of sp³-hybridized carbons (Fsp3) is 1.00. The number of hydrogen-bond acceptors (Lipinski definition) is 3. The number of piperidine rings is 1. The van der Waals surface area contributed by atoms with Gasteiger partial charge in [0, 0.05) is 11.6 Å². The van der Waals surface area contributed by atoms with E-state index in [-0.39, 0.29) is 5.54 Å². The monoisotopic (exact) mass is 264 g/mol. The summed E-state index contributed by atoms with van der Waals surface area (Å²) in [6.07, 6.45) is 9.55. The standard InChI is InChI=1S/C16H28N2O/c19-10-16(1-3-17-4-2-16)18-15-13-6-11-5-12(8-13)9-14(15)7-11/h11-15,17-19H,1-10H2. The summed E-state index contributed by atoms with van der Waals surface area (Å²) in [5.74, 6) is 3.90. The first-order valence-corrected chi connectivity index (χ1v) is 8.37. The van der Waals surface area contributed by atoms with Gasteiger partial charge in [0.15, 0.2) is 0 Å². The van der Waals surface area contributed by atoms with Crippen LogP contribution in [0.5, 0.6) is 0 Å². The lowest BCUT2D eigenvalue weighted by molar-refractivity contribution is -0.0349. The molecule has 3 N–H and O–H groups in total. The summed E-state index contributed by atoms with van der Waals surface area (Å²) in [5.41, 5.74) is 0.0191. The van der Waals surface area contributed by atoms with E-state index in [1.54, 1.807) is 0 Å². The fourth-order valence-corrected chi connectivity index (χ4v) is 5.77. The topological polar surface area (TPSA) is 44.3 Å². The van der Waals surface area contributed by atoms with Gasteiger partial charge in [0.05, 0.1) is 6.61 Å². The molecule has 5 aliphatic rings. The molecular formula is C16H28N2O. The second-order valence-electron chi connectivity index (χ2n) is 7.79. The Balaban J connectivity index is 1.50. The van der Waals surface area contributed by atoms with Crippen LogP contribution in [0.25, 0.3) is 0 Å². The molecule has 0 aromatic carbocycles. The van der Waals surface area contributed by atoms with E-state index in [1.165, 1.54) is 32.1 Å². The maximum Gasteiger partial charge on any atom is 0.0614 e. The van der Waals surface area contributed by atoms with Crippen molar-refractivity contribution in [3.63, 3.8) is 0 Å². The first-order valence-electron chi connectivity index (χ1n) is 8.37. The smallest absolute Gasteiger partial charge is 0.0614 e. The van der Waals surface area contributed by atoms with Crippen LogP contribution in [0.15, 0.2) is 0 Å². The van der Waals surface area contributed by atoms with E-state index >= 15 is 0 Å². The molecule has 1 aliphatic heterocycles. The quantitative estimate of drug-likeness (QED) is 0.724. The van der Waals surface area contributed by atoms with Crippen molar-refractivity contribution in [3.05, 3.63) is 0 Å². The van der Waals surface area contributed by atoms with Gasteiger partial charge in [-0.25, -0.2) is 0 Å². The molecule has 0 amide bonds. The normalized spacial score (nSPS) is 47.5. The number of hydrogen-bond donors (Lipinski definition) is 3. The molecule has 0 radical (unpaired) electrons. The minimum absolute atomic E-state index is 0.0191. The number of aliphatic hydroxyl groups excluding tert-OH is 1. The second-order valence-corrected chi connectivity index (χ2v) is 7.79. The maximum absolute atomic E-state index is 9.91. The van der Waals surface area contributed by atoms with Crippen LogP contribution in [0, 0.1) is 23.7 Å². The molecule has 4 bridgehead atoms. The van der Waals surface area contributed by atoms with E-state index in [0.717, 1.165) is 49.6 Å². The molecule has 0 aromatic rings. The van der Waals surface area contributed by atoms with Gasteiger partial charge >= 0.3 is 0 Å². The average molecular weight is 264 g/mol. The summed E-state index contributed by atoms with van der Waals surface area (Å²) in [6, 6.07) is 0.707. The van der Waals surface area contributed by atoms with E-state index < -0.39 is 0 Å². The van der Waals surface area contributed by atoms with Crippen LogP contribution in [0.4, 0.5) is 0 Å². The highest BCUT2D eigenvalue weighted by atomic mass is 16.3. The molecule has 3 nitrogen and oxygen atoms in total. The predicted molar refractivity (Wildman–Crippen MR) is 75.9 cm³/mol. The van der Waals surface area contributed by atoms with Gasteiger partial charge in [-0.3, -0.25) is 0 Å². The number of aliphatic hydroxyl groups is 1. The van der Waals surface area contributed by atoms with Crippen molar-refractivity contribution in [1.29, 1.82) is 0 Å². The largest absolute Gasteiger partial charge is 0.394 e. The second kappa shape index (κ2) is 4.71. The minimum Gasteiger partial charge on any atom is -0.394 e. The molecule has 0 aromatic heterocycles. The van der Waals surface area contributed by atoms with E-state index in [0.29, 0.717) is 12.6 Å². The van der Waals surface area contributed by atoms with Crippen LogP contribution in [-0.2, 0) is 0 Å². The van der Waals surface area contributed by atoms with E-state index in [1.807, 2.05) is 0 Å². The maximum atomic E-state index is 9.91. The zero-order valence-corrected chi connectivity index (χ0v) is 11.9. The van der Waals surface area contributed by atoms with Crippen LogP contribution in [0.2, 0.25) is 0 Å². The Kier molecular flexibility index (Phi) is 3.13.